The zero-order chi connectivity index (χ0) is 16.3. The summed E-state index contributed by atoms with van der Waals surface area (Å²) >= 11 is 1.75. The summed E-state index contributed by atoms with van der Waals surface area (Å²) in [5.41, 5.74) is 1.16. The van der Waals surface area contributed by atoms with Gasteiger partial charge in [0.05, 0.1) is 6.54 Å². The number of anilines is 1. The Labute approximate surface area is 142 Å². The van der Waals surface area contributed by atoms with Gasteiger partial charge in [-0.05, 0) is 25.0 Å². The van der Waals surface area contributed by atoms with Gasteiger partial charge in [-0.15, -0.1) is 11.3 Å². The zero-order valence-electron chi connectivity index (χ0n) is 13.8. The molecule has 0 spiro atoms. The molecule has 0 amide bonds. The van der Waals surface area contributed by atoms with E-state index in [2.05, 4.69) is 45.0 Å². The third-order valence-corrected chi connectivity index (χ3v) is 4.47. The monoisotopic (exact) mass is 331 g/mol. The second-order valence-corrected chi connectivity index (χ2v) is 6.27. The first kappa shape index (κ1) is 17.3. The summed E-state index contributed by atoms with van der Waals surface area (Å²) < 4.78 is 0. The lowest BCUT2D eigenvalue weighted by Gasteiger charge is -2.11. The molecular formula is C17H25N5S. The minimum Gasteiger partial charge on any atom is -0.385 e. The molecule has 124 valence electrons. The lowest BCUT2D eigenvalue weighted by molar-refractivity contribution is 0.761. The van der Waals surface area contributed by atoms with Crippen LogP contribution in [0.3, 0.4) is 0 Å². The summed E-state index contributed by atoms with van der Waals surface area (Å²) in [4.78, 5) is 9.95. The molecule has 0 unspecified atom stereocenters. The highest BCUT2D eigenvalue weighted by Gasteiger charge is 2.02. The summed E-state index contributed by atoms with van der Waals surface area (Å²) in [5.74, 6) is 0.818. The quantitative estimate of drug-likeness (QED) is 0.395. The molecule has 2 rings (SSSR count). The van der Waals surface area contributed by atoms with Crippen molar-refractivity contribution in [2.24, 2.45) is 4.99 Å². The van der Waals surface area contributed by atoms with Gasteiger partial charge in [-0.25, -0.2) is 4.98 Å². The highest BCUT2D eigenvalue weighted by molar-refractivity contribution is 7.11. The number of hydrogen-bond donors (Lipinski definition) is 3. The fourth-order valence-electron chi connectivity index (χ4n) is 2.06. The van der Waals surface area contributed by atoms with Crippen LogP contribution < -0.4 is 16.0 Å². The van der Waals surface area contributed by atoms with Crippen molar-refractivity contribution in [2.75, 3.05) is 25.5 Å². The molecule has 0 aliphatic rings. The third-order valence-electron chi connectivity index (χ3n) is 3.33. The van der Waals surface area contributed by atoms with E-state index in [9.17, 15) is 0 Å². The molecule has 0 bridgehead atoms. The fourth-order valence-corrected chi connectivity index (χ4v) is 2.86. The number of aryl methyl sites for hydroxylation is 1. The summed E-state index contributed by atoms with van der Waals surface area (Å²) in [7, 11) is 1.79. The Morgan fingerprint density at radius 3 is 2.70 bits per heavy atom. The van der Waals surface area contributed by atoms with Gasteiger partial charge >= 0.3 is 0 Å². The molecule has 1 aromatic carbocycles. The molecule has 0 saturated heterocycles. The second-order valence-electron chi connectivity index (χ2n) is 5.07. The van der Waals surface area contributed by atoms with E-state index in [0.29, 0.717) is 6.54 Å². The zero-order valence-corrected chi connectivity index (χ0v) is 14.6. The Hall–Kier alpha value is -2.08. The van der Waals surface area contributed by atoms with Crippen molar-refractivity contribution in [3.05, 3.63) is 46.4 Å². The molecule has 0 saturated carbocycles. The van der Waals surface area contributed by atoms with E-state index in [0.717, 1.165) is 42.6 Å². The lowest BCUT2D eigenvalue weighted by Crippen LogP contribution is -2.37. The van der Waals surface area contributed by atoms with E-state index >= 15 is 0 Å². The predicted molar refractivity (Wildman–Crippen MR) is 99.2 cm³/mol. The number of hydrogen-bond acceptors (Lipinski definition) is 4. The van der Waals surface area contributed by atoms with Crippen LogP contribution >= 0.6 is 11.3 Å². The maximum atomic E-state index is 4.40. The molecule has 0 atom stereocenters. The van der Waals surface area contributed by atoms with Crippen LogP contribution in [0.1, 0.15) is 23.2 Å². The standard InChI is InChI=1S/C17H25N5S/c1-3-15-12-21-16(23-15)13-22-17(18-2)20-11-7-10-19-14-8-5-4-6-9-14/h4-6,8-9,12,19H,3,7,10-11,13H2,1-2H3,(H2,18,20,22). The molecule has 23 heavy (non-hydrogen) atoms. The Morgan fingerprint density at radius 1 is 1.17 bits per heavy atom. The lowest BCUT2D eigenvalue weighted by atomic mass is 10.3. The van der Waals surface area contributed by atoms with Crippen LogP contribution in [0, 0.1) is 0 Å². The van der Waals surface area contributed by atoms with E-state index in [4.69, 9.17) is 0 Å². The largest absolute Gasteiger partial charge is 0.385 e. The molecule has 6 heteroatoms. The van der Waals surface area contributed by atoms with Gasteiger partial charge in [-0.3, -0.25) is 4.99 Å². The van der Waals surface area contributed by atoms with Crippen molar-refractivity contribution in [2.45, 2.75) is 26.3 Å². The summed E-state index contributed by atoms with van der Waals surface area (Å²) in [5, 5.41) is 11.1. The number of rotatable bonds is 8. The topological polar surface area (TPSA) is 61.3 Å². The van der Waals surface area contributed by atoms with Crippen LogP contribution in [0.25, 0.3) is 0 Å². The summed E-state index contributed by atoms with van der Waals surface area (Å²) in [6.45, 7) is 4.67. The van der Waals surface area contributed by atoms with Crippen LogP contribution in [0.15, 0.2) is 41.5 Å². The minimum absolute atomic E-state index is 0.715. The third kappa shape index (κ3) is 6.28. The van der Waals surface area contributed by atoms with Crippen LogP contribution in [-0.4, -0.2) is 31.1 Å². The van der Waals surface area contributed by atoms with E-state index in [1.807, 2.05) is 24.4 Å². The highest BCUT2D eigenvalue weighted by atomic mass is 32.1. The molecule has 0 aliphatic carbocycles. The summed E-state index contributed by atoms with van der Waals surface area (Å²) in [6, 6.07) is 10.2. The smallest absolute Gasteiger partial charge is 0.191 e. The number of thiazole rings is 1. The Kier molecular flexibility index (Phi) is 7.39. The van der Waals surface area contributed by atoms with Gasteiger partial charge in [0.25, 0.3) is 0 Å². The summed E-state index contributed by atoms with van der Waals surface area (Å²) in [6.07, 6.45) is 4.01. The van der Waals surface area contributed by atoms with Gasteiger partial charge in [0, 0.05) is 36.9 Å². The van der Waals surface area contributed by atoms with E-state index in [1.54, 1.807) is 18.4 Å². The maximum Gasteiger partial charge on any atom is 0.191 e. The number of aliphatic imine (C=N–C) groups is 1. The predicted octanol–water partition coefficient (Wildman–Crippen LogP) is 2.87. The Bertz CT molecular complexity index is 594. The molecule has 5 nitrogen and oxygen atoms in total. The maximum absolute atomic E-state index is 4.40. The molecule has 1 heterocycles. The van der Waals surface area contributed by atoms with Crippen LogP contribution in [0.4, 0.5) is 5.69 Å². The van der Waals surface area contributed by atoms with Crippen molar-refractivity contribution < 1.29 is 0 Å². The van der Waals surface area contributed by atoms with Crippen molar-refractivity contribution in [3.63, 3.8) is 0 Å². The van der Waals surface area contributed by atoms with Crippen LogP contribution in [0.2, 0.25) is 0 Å². The average Bonchev–Trinajstić information content (AvgIpc) is 3.06. The highest BCUT2D eigenvalue weighted by Crippen LogP contribution is 2.12. The van der Waals surface area contributed by atoms with Gasteiger partial charge in [0.2, 0.25) is 0 Å². The number of benzene rings is 1. The first-order chi connectivity index (χ1) is 11.3. The van der Waals surface area contributed by atoms with Crippen molar-refractivity contribution in [1.82, 2.24) is 15.6 Å². The van der Waals surface area contributed by atoms with Crippen molar-refractivity contribution in [1.29, 1.82) is 0 Å². The molecule has 0 aliphatic heterocycles. The minimum atomic E-state index is 0.715. The number of aromatic nitrogens is 1. The SMILES string of the molecule is CCc1cnc(CNC(=NC)NCCCNc2ccccc2)s1. The average molecular weight is 331 g/mol. The van der Waals surface area contributed by atoms with E-state index < -0.39 is 0 Å². The number of nitrogens with one attached hydrogen (secondary N) is 3. The van der Waals surface area contributed by atoms with Crippen molar-refractivity contribution in [3.8, 4) is 0 Å². The number of nitrogens with zero attached hydrogens (tertiary/aromatic N) is 2. The molecule has 0 radical (unpaired) electrons. The molecule has 0 fully saturated rings. The normalized spacial score (nSPS) is 11.3. The molecule has 3 N–H and O–H groups in total. The Morgan fingerprint density at radius 2 is 2.00 bits per heavy atom. The van der Waals surface area contributed by atoms with E-state index in [-0.39, 0.29) is 0 Å². The van der Waals surface area contributed by atoms with Crippen LogP contribution in [0.5, 0.6) is 0 Å². The van der Waals surface area contributed by atoms with Gasteiger partial charge in [0.1, 0.15) is 5.01 Å². The van der Waals surface area contributed by atoms with E-state index in [1.165, 1.54) is 4.88 Å². The molecule has 1 aromatic heterocycles. The van der Waals surface area contributed by atoms with Gasteiger partial charge in [-0.1, -0.05) is 25.1 Å². The van der Waals surface area contributed by atoms with Crippen molar-refractivity contribution >= 4 is 23.0 Å². The second kappa shape index (κ2) is 9.84. The first-order valence-electron chi connectivity index (χ1n) is 7.99. The number of guanidine groups is 1. The van der Waals surface area contributed by atoms with Gasteiger partial charge in [-0.2, -0.15) is 0 Å². The fraction of sp³-hybridized carbons (Fsp3) is 0.412. The van der Waals surface area contributed by atoms with Gasteiger partial charge < -0.3 is 16.0 Å². The van der Waals surface area contributed by atoms with Gasteiger partial charge in [0.15, 0.2) is 5.96 Å². The Balaban J connectivity index is 1.61. The number of para-hydroxylation sites is 1. The molecular weight excluding hydrogens is 306 g/mol. The first-order valence-corrected chi connectivity index (χ1v) is 8.80. The van der Waals surface area contributed by atoms with Crippen LogP contribution in [-0.2, 0) is 13.0 Å². The molecule has 2 aromatic rings.